The van der Waals surface area contributed by atoms with E-state index in [0.717, 1.165) is 6.07 Å². The number of amides is 1. The van der Waals surface area contributed by atoms with Crippen molar-refractivity contribution in [2.24, 2.45) is 7.05 Å². The lowest BCUT2D eigenvalue weighted by molar-refractivity contribution is 0.102. The summed E-state index contributed by atoms with van der Waals surface area (Å²) >= 11 is 0. The molecule has 178 valence electrons. The zero-order valence-corrected chi connectivity index (χ0v) is 18.9. The van der Waals surface area contributed by atoms with Crippen molar-refractivity contribution in [3.05, 3.63) is 101 Å². The Labute approximate surface area is 199 Å². The lowest BCUT2D eigenvalue weighted by Crippen LogP contribution is -2.16. The largest absolute Gasteiger partial charge is 0.493 e. The number of rotatable bonds is 7. The summed E-state index contributed by atoms with van der Waals surface area (Å²) in [4.78, 5) is 28.9. The summed E-state index contributed by atoms with van der Waals surface area (Å²) in [7, 11) is 1.58. The second-order valence-electron chi connectivity index (χ2n) is 7.49. The molecule has 2 aromatic carbocycles. The number of aryl methyl sites for hydroxylation is 1. The molecule has 1 N–H and O–H groups in total. The molecule has 0 saturated heterocycles. The van der Waals surface area contributed by atoms with Gasteiger partial charge in [0.2, 0.25) is 0 Å². The molecular formula is C26H21F2N3O4. The lowest BCUT2D eigenvalue weighted by Gasteiger charge is -2.17. The number of nitrogens with one attached hydrogen (secondary N) is 1. The first kappa shape index (κ1) is 23.6. The van der Waals surface area contributed by atoms with Crippen LogP contribution < -0.4 is 20.3 Å². The first-order chi connectivity index (χ1) is 16.9. The van der Waals surface area contributed by atoms with Crippen molar-refractivity contribution in [1.82, 2.24) is 9.55 Å². The number of carbonyl (C=O) groups is 1. The normalized spacial score (nSPS) is 10.6. The minimum atomic E-state index is -0.881. The maximum atomic E-state index is 14.3. The molecule has 4 aromatic rings. The molecule has 0 bridgehead atoms. The van der Waals surface area contributed by atoms with E-state index in [2.05, 4.69) is 10.3 Å². The molecule has 0 aliphatic rings. The van der Waals surface area contributed by atoms with Crippen LogP contribution in [0.3, 0.4) is 0 Å². The molecule has 7 nitrogen and oxygen atoms in total. The molecule has 0 unspecified atom stereocenters. The van der Waals surface area contributed by atoms with Gasteiger partial charge < -0.3 is 19.4 Å². The highest BCUT2D eigenvalue weighted by molar-refractivity contribution is 6.03. The van der Waals surface area contributed by atoms with Crippen LogP contribution in [0.1, 0.15) is 17.4 Å². The summed E-state index contributed by atoms with van der Waals surface area (Å²) in [6.07, 6.45) is 3.06. The standard InChI is InChI=1S/C26H21F2N3O4/c1-3-34-24-14-25(32)31(2)15-19(24)18-13-17(30-26(33)21-6-4-5-11-29-21)8-10-22(18)35-23-9-7-16(27)12-20(23)28/h4-15H,3H2,1-2H3,(H,30,33). The Bertz CT molecular complexity index is 1440. The monoisotopic (exact) mass is 477 g/mol. The van der Waals surface area contributed by atoms with E-state index in [4.69, 9.17) is 9.47 Å². The van der Waals surface area contributed by atoms with Crippen LogP contribution in [-0.4, -0.2) is 22.1 Å². The Morgan fingerprint density at radius 3 is 2.51 bits per heavy atom. The molecule has 2 aromatic heterocycles. The third-order valence-corrected chi connectivity index (χ3v) is 5.03. The summed E-state index contributed by atoms with van der Waals surface area (Å²) in [5.41, 5.74) is 1.22. The van der Waals surface area contributed by atoms with Gasteiger partial charge in [0.15, 0.2) is 11.6 Å². The number of ether oxygens (including phenoxy) is 2. The van der Waals surface area contributed by atoms with Crippen LogP contribution in [0.5, 0.6) is 17.2 Å². The lowest BCUT2D eigenvalue weighted by atomic mass is 10.0. The topological polar surface area (TPSA) is 82.5 Å². The van der Waals surface area contributed by atoms with Crippen molar-refractivity contribution in [3.8, 4) is 28.4 Å². The summed E-state index contributed by atoms with van der Waals surface area (Å²) in [6, 6.07) is 14.0. The number of aromatic nitrogens is 2. The average Bonchev–Trinajstić information content (AvgIpc) is 2.84. The Morgan fingerprint density at radius 1 is 1.00 bits per heavy atom. The summed E-state index contributed by atoms with van der Waals surface area (Å²) < 4.78 is 40.5. The first-order valence-corrected chi connectivity index (χ1v) is 10.7. The maximum absolute atomic E-state index is 14.3. The summed E-state index contributed by atoms with van der Waals surface area (Å²) in [5.74, 6) is -1.76. The Morgan fingerprint density at radius 2 is 1.80 bits per heavy atom. The van der Waals surface area contributed by atoms with Crippen molar-refractivity contribution in [3.63, 3.8) is 0 Å². The van der Waals surface area contributed by atoms with E-state index in [1.807, 2.05) is 0 Å². The minimum absolute atomic E-state index is 0.194. The molecule has 35 heavy (non-hydrogen) atoms. The Hall–Kier alpha value is -4.53. The molecule has 2 heterocycles. The predicted octanol–water partition coefficient (Wildman–Crippen LogP) is 5.17. The number of halogens is 2. The Balaban J connectivity index is 1.82. The van der Waals surface area contributed by atoms with Crippen LogP contribution in [0.25, 0.3) is 11.1 Å². The third kappa shape index (κ3) is 5.35. The Kier molecular flexibility index (Phi) is 6.86. The van der Waals surface area contributed by atoms with E-state index in [0.29, 0.717) is 29.5 Å². The van der Waals surface area contributed by atoms with Crippen LogP contribution in [0.4, 0.5) is 14.5 Å². The zero-order chi connectivity index (χ0) is 24.9. The number of carbonyl (C=O) groups excluding carboxylic acids is 1. The zero-order valence-electron chi connectivity index (χ0n) is 18.9. The van der Waals surface area contributed by atoms with E-state index in [1.54, 1.807) is 50.5 Å². The molecule has 0 fully saturated rings. The van der Waals surface area contributed by atoms with Crippen molar-refractivity contribution in [2.75, 3.05) is 11.9 Å². The van der Waals surface area contributed by atoms with E-state index < -0.39 is 17.5 Å². The SMILES string of the molecule is CCOc1cc(=O)n(C)cc1-c1cc(NC(=O)c2ccccn2)ccc1Oc1ccc(F)cc1F. The highest BCUT2D eigenvalue weighted by Gasteiger charge is 2.18. The highest BCUT2D eigenvalue weighted by Crippen LogP contribution is 2.40. The van der Waals surface area contributed by atoms with Crippen LogP contribution in [0, 0.1) is 11.6 Å². The molecular weight excluding hydrogens is 456 g/mol. The van der Waals surface area contributed by atoms with Gasteiger partial charge >= 0.3 is 0 Å². The number of nitrogens with zero attached hydrogens (tertiary/aromatic N) is 2. The molecule has 0 spiro atoms. The second-order valence-corrected chi connectivity index (χ2v) is 7.49. The number of hydrogen-bond donors (Lipinski definition) is 1. The first-order valence-electron chi connectivity index (χ1n) is 10.7. The van der Waals surface area contributed by atoms with Crippen molar-refractivity contribution < 1.29 is 23.0 Å². The van der Waals surface area contributed by atoms with E-state index in [-0.39, 0.29) is 28.5 Å². The fraction of sp³-hybridized carbons (Fsp3) is 0.115. The molecule has 0 aliphatic carbocycles. The number of anilines is 1. The quantitative estimate of drug-likeness (QED) is 0.397. The van der Waals surface area contributed by atoms with Crippen LogP contribution in [-0.2, 0) is 7.05 Å². The van der Waals surface area contributed by atoms with Gasteiger partial charge in [-0.25, -0.2) is 8.78 Å². The molecule has 0 atom stereocenters. The smallest absolute Gasteiger partial charge is 0.274 e. The van der Waals surface area contributed by atoms with Gasteiger partial charge in [0.25, 0.3) is 11.5 Å². The van der Waals surface area contributed by atoms with Gasteiger partial charge in [0.1, 0.15) is 23.0 Å². The van der Waals surface area contributed by atoms with Crippen molar-refractivity contribution in [2.45, 2.75) is 6.92 Å². The second kappa shape index (κ2) is 10.2. The van der Waals surface area contributed by atoms with Crippen molar-refractivity contribution >= 4 is 11.6 Å². The van der Waals surface area contributed by atoms with Crippen molar-refractivity contribution in [1.29, 1.82) is 0 Å². The maximum Gasteiger partial charge on any atom is 0.274 e. The van der Waals surface area contributed by atoms with Crippen LogP contribution in [0.2, 0.25) is 0 Å². The molecule has 0 saturated carbocycles. The molecule has 0 aliphatic heterocycles. The molecule has 9 heteroatoms. The van der Waals surface area contributed by atoms with Crippen LogP contribution in [0.15, 0.2) is 77.9 Å². The fourth-order valence-electron chi connectivity index (χ4n) is 3.37. The molecule has 1 amide bonds. The highest BCUT2D eigenvalue weighted by atomic mass is 19.1. The van der Waals surface area contributed by atoms with Gasteiger partial charge in [-0.05, 0) is 49.4 Å². The number of benzene rings is 2. The van der Waals surface area contributed by atoms with Gasteiger partial charge in [0, 0.05) is 48.4 Å². The van der Waals surface area contributed by atoms with Gasteiger partial charge in [0.05, 0.1) is 6.61 Å². The van der Waals surface area contributed by atoms with E-state index in [1.165, 1.54) is 29.0 Å². The van der Waals surface area contributed by atoms with Gasteiger partial charge in [-0.2, -0.15) is 0 Å². The van der Waals surface area contributed by atoms with Gasteiger partial charge in [-0.3, -0.25) is 14.6 Å². The van der Waals surface area contributed by atoms with E-state index in [9.17, 15) is 18.4 Å². The predicted molar refractivity (Wildman–Crippen MR) is 127 cm³/mol. The van der Waals surface area contributed by atoms with E-state index >= 15 is 0 Å². The summed E-state index contributed by atoms with van der Waals surface area (Å²) in [6.45, 7) is 2.06. The number of pyridine rings is 2. The van der Waals surface area contributed by atoms with Crippen LogP contribution >= 0.6 is 0 Å². The van der Waals surface area contributed by atoms with Gasteiger partial charge in [-0.1, -0.05) is 6.07 Å². The summed E-state index contributed by atoms with van der Waals surface area (Å²) in [5, 5.41) is 2.77. The molecule has 4 rings (SSSR count). The third-order valence-electron chi connectivity index (χ3n) is 5.03. The minimum Gasteiger partial charge on any atom is -0.493 e. The average molecular weight is 477 g/mol. The fourth-order valence-corrected chi connectivity index (χ4v) is 3.37. The molecule has 0 radical (unpaired) electrons. The van der Waals surface area contributed by atoms with Gasteiger partial charge in [-0.15, -0.1) is 0 Å². The number of hydrogen-bond acceptors (Lipinski definition) is 5.